The van der Waals surface area contributed by atoms with E-state index >= 15 is 0 Å². The summed E-state index contributed by atoms with van der Waals surface area (Å²) in [7, 11) is 0. The zero-order valence-corrected chi connectivity index (χ0v) is 22.8. The van der Waals surface area contributed by atoms with Crippen LogP contribution in [0.5, 0.6) is 0 Å². The van der Waals surface area contributed by atoms with Crippen LogP contribution in [0, 0.1) is 19.4 Å². The van der Waals surface area contributed by atoms with Crippen molar-refractivity contribution >= 4 is 17.9 Å². The van der Waals surface area contributed by atoms with Gasteiger partial charge in [-0.15, -0.1) is 0 Å². The van der Waals surface area contributed by atoms with Gasteiger partial charge in [-0.05, 0) is 51.7 Å². The van der Waals surface area contributed by atoms with Gasteiger partial charge in [0.05, 0.1) is 0 Å². The number of ether oxygens (including phenoxy) is 1. The molecule has 202 valence electrons. The van der Waals surface area contributed by atoms with E-state index in [0.717, 1.165) is 48.1 Å². The van der Waals surface area contributed by atoms with Crippen LogP contribution in [0.15, 0.2) is 54.6 Å². The number of carbonyl (C=O) groups excluding carboxylic acids is 3. The summed E-state index contributed by atoms with van der Waals surface area (Å²) in [5.41, 5.74) is 1.70. The van der Waals surface area contributed by atoms with Crippen LogP contribution in [0.4, 0.5) is 4.79 Å². The van der Waals surface area contributed by atoms with Crippen molar-refractivity contribution in [2.45, 2.75) is 89.9 Å². The third-order valence-electron chi connectivity index (χ3n) is 6.50. The fourth-order valence-electron chi connectivity index (χ4n) is 4.63. The van der Waals surface area contributed by atoms with E-state index < -0.39 is 29.7 Å². The van der Waals surface area contributed by atoms with Crippen LogP contribution in [0.25, 0.3) is 0 Å². The molecule has 1 aliphatic rings. The number of rotatable bonds is 8. The van der Waals surface area contributed by atoms with E-state index in [1.165, 1.54) is 0 Å². The number of carbonyl (C=O) groups is 3. The molecule has 3 amide bonds. The molecule has 2 aromatic rings. The Kier molecular flexibility index (Phi) is 9.95. The highest BCUT2D eigenvalue weighted by molar-refractivity contribution is 5.93. The molecular weight excluding hydrogens is 478 g/mol. The summed E-state index contributed by atoms with van der Waals surface area (Å²) in [6, 6.07) is 17.1. The number of amides is 3. The van der Waals surface area contributed by atoms with Crippen molar-refractivity contribution in [1.82, 2.24) is 15.5 Å². The lowest BCUT2D eigenvalue weighted by Gasteiger charge is -2.32. The van der Waals surface area contributed by atoms with E-state index in [1.54, 1.807) is 20.8 Å². The first kappa shape index (κ1) is 28.8. The van der Waals surface area contributed by atoms with E-state index in [0.29, 0.717) is 5.56 Å². The minimum Gasteiger partial charge on any atom is -0.444 e. The molecule has 0 aromatic heterocycles. The summed E-state index contributed by atoms with van der Waals surface area (Å²) in [6.45, 7) is 7.19. The van der Waals surface area contributed by atoms with Crippen LogP contribution in [-0.4, -0.2) is 40.5 Å². The maximum absolute atomic E-state index is 14.0. The fraction of sp³-hybridized carbons (Fsp3) is 0.452. The number of nitrogens with zero attached hydrogens (tertiary/aromatic N) is 1. The van der Waals surface area contributed by atoms with Gasteiger partial charge >= 0.3 is 6.09 Å². The molecule has 2 N–H and O–H groups in total. The smallest absolute Gasteiger partial charge is 0.408 e. The second kappa shape index (κ2) is 13.1. The zero-order valence-electron chi connectivity index (χ0n) is 22.8. The molecule has 2 atom stereocenters. The monoisotopic (exact) mass is 517 g/mol. The molecular formula is C31H39N3O4. The summed E-state index contributed by atoms with van der Waals surface area (Å²) in [5.74, 6) is -0.894. The van der Waals surface area contributed by atoms with E-state index in [2.05, 4.69) is 16.7 Å². The number of hydrogen-bond acceptors (Lipinski definition) is 4. The predicted molar refractivity (Wildman–Crippen MR) is 148 cm³/mol. The summed E-state index contributed by atoms with van der Waals surface area (Å²) in [4.78, 5) is 41.5. The molecule has 3 rings (SSSR count). The predicted octanol–water partition coefficient (Wildman–Crippen LogP) is 5.04. The fourth-order valence-corrected chi connectivity index (χ4v) is 4.63. The van der Waals surface area contributed by atoms with Gasteiger partial charge < -0.3 is 15.4 Å². The molecule has 2 unspecified atom stereocenters. The Morgan fingerprint density at radius 3 is 2.24 bits per heavy atom. The third kappa shape index (κ3) is 8.37. The Morgan fingerprint density at radius 1 is 1.03 bits per heavy atom. The minimum absolute atomic E-state index is 0.0407. The number of hydrogen-bond donors (Lipinski definition) is 2. The van der Waals surface area contributed by atoms with E-state index in [9.17, 15) is 14.4 Å². The van der Waals surface area contributed by atoms with E-state index in [4.69, 9.17) is 11.2 Å². The maximum atomic E-state index is 14.0. The van der Waals surface area contributed by atoms with Gasteiger partial charge in [0.1, 0.15) is 17.7 Å². The lowest BCUT2D eigenvalue weighted by molar-refractivity contribution is -0.139. The molecule has 1 fully saturated rings. The SMILES string of the molecule is C#CN(C(=O)C(Cc1ccccc1)NC(=O)OC(C)(C)C)C(C(=O)NC1CCCCC1)c1ccc(C)cc1. The van der Waals surface area contributed by atoms with Crippen LogP contribution in [-0.2, 0) is 20.7 Å². The van der Waals surface area contributed by atoms with Crippen LogP contribution >= 0.6 is 0 Å². The highest BCUT2D eigenvalue weighted by Gasteiger charge is 2.36. The van der Waals surface area contributed by atoms with Gasteiger partial charge in [0.15, 0.2) is 0 Å². The lowest BCUT2D eigenvalue weighted by Crippen LogP contribution is -2.53. The van der Waals surface area contributed by atoms with E-state index in [1.807, 2.05) is 61.5 Å². The van der Waals surface area contributed by atoms with Crippen LogP contribution < -0.4 is 10.6 Å². The normalized spacial score (nSPS) is 15.4. The second-order valence-corrected chi connectivity index (χ2v) is 10.9. The Labute approximate surface area is 226 Å². The molecule has 2 aromatic carbocycles. The Morgan fingerprint density at radius 2 is 1.66 bits per heavy atom. The van der Waals surface area contributed by atoms with Gasteiger partial charge in [0.25, 0.3) is 5.91 Å². The summed E-state index contributed by atoms with van der Waals surface area (Å²) < 4.78 is 5.42. The molecule has 1 aliphatic carbocycles. The molecule has 0 radical (unpaired) electrons. The van der Waals surface area contributed by atoms with Gasteiger partial charge in [0, 0.05) is 18.5 Å². The van der Waals surface area contributed by atoms with Crippen molar-refractivity contribution in [3.05, 3.63) is 71.3 Å². The average molecular weight is 518 g/mol. The molecule has 38 heavy (non-hydrogen) atoms. The Bertz CT molecular complexity index is 1130. The summed E-state index contributed by atoms with van der Waals surface area (Å²) >= 11 is 0. The number of benzene rings is 2. The van der Waals surface area contributed by atoms with Crippen molar-refractivity contribution in [2.75, 3.05) is 0 Å². The molecule has 1 saturated carbocycles. The Balaban J connectivity index is 1.94. The van der Waals surface area contributed by atoms with Gasteiger partial charge in [-0.1, -0.05) is 85.8 Å². The zero-order chi connectivity index (χ0) is 27.7. The number of nitrogens with one attached hydrogen (secondary N) is 2. The average Bonchev–Trinajstić information content (AvgIpc) is 2.87. The molecule has 0 aliphatic heterocycles. The number of alkyl carbamates (subject to hydrolysis) is 1. The van der Waals surface area contributed by atoms with Gasteiger partial charge in [-0.25, -0.2) is 4.79 Å². The largest absolute Gasteiger partial charge is 0.444 e. The first-order valence-corrected chi connectivity index (χ1v) is 13.3. The maximum Gasteiger partial charge on any atom is 0.408 e. The molecule has 0 heterocycles. The van der Waals surface area contributed by atoms with Gasteiger partial charge in [-0.2, -0.15) is 0 Å². The first-order chi connectivity index (χ1) is 18.1. The summed E-state index contributed by atoms with van der Waals surface area (Å²) in [5, 5.41) is 5.81. The molecule has 7 nitrogen and oxygen atoms in total. The lowest BCUT2D eigenvalue weighted by atomic mass is 9.94. The standard InChI is InChI=1S/C31H39N3O4/c1-6-34(27(24-19-17-22(2)18-20-24)28(35)32-25-15-11-8-12-16-25)29(36)26(21-23-13-9-7-10-14-23)33-30(37)38-31(3,4)5/h1,7,9-10,13-14,17-20,25-27H,8,11-12,15-16,21H2,2-5H3,(H,32,35)(H,33,37). The van der Waals surface area contributed by atoms with Gasteiger partial charge in [0.2, 0.25) is 5.91 Å². The van der Waals surface area contributed by atoms with Crippen molar-refractivity contribution in [1.29, 1.82) is 0 Å². The van der Waals surface area contributed by atoms with Crippen molar-refractivity contribution in [3.8, 4) is 12.5 Å². The highest BCUT2D eigenvalue weighted by Crippen LogP contribution is 2.25. The van der Waals surface area contributed by atoms with Crippen LogP contribution in [0.3, 0.4) is 0 Å². The van der Waals surface area contributed by atoms with Crippen LogP contribution in [0.1, 0.15) is 75.6 Å². The molecule has 0 spiro atoms. The van der Waals surface area contributed by atoms with Crippen molar-refractivity contribution in [2.24, 2.45) is 0 Å². The van der Waals surface area contributed by atoms with Gasteiger partial charge in [-0.3, -0.25) is 14.5 Å². The summed E-state index contributed by atoms with van der Waals surface area (Å²) in [6.07, 6.45) is 10.4. The molecule has 0 bridgehead atoms. The quantitative estimate of drug-likeness (QED) is 0.379. The topological polar surface area (TPSA) is 87.7 Å². The minimum atomic E-state index is -1.05. The Hall–Kier alpha value is -3.79. The number of aryl methyl sites for hydroxylation is 1. The van der Waals surface area contributed by atoms with Crippen molar-refractivity contribution < 1.29 is 19.1 Å². The second-order valence-electron chi connectivity index (χ2n) is 10.9. The molecule has 0 saturated heterocycles. The van der Waals surface area contributed by atoms with Crippen LogP contribution in [0.2, 0.25) is 0 Å². The van der Waals surface area contributed by atoms with E-state index in [-0.39, 0.29) is 18.4 Å². The first-order valence-electron chi connectivity index (χ1n) is 13.3. The highest BCUT2D eigenvalue weighted by atomic mass is 16.6. The third-order valence-corrected chi connectivity index (χ3v) is 6.50. The molecule has 7 heteroatoms. The van der Waals surface area contributed by atoms with Crippen molar-refractivity contribution in [3.63, 3.8) is 0 Å². The number of terminal acetylenes is 1.